The van der Waals surface area contributed by atoms with E-state index in [0.29, 0.717) is 0 Å². The van der Waals surface area contributed by atoms with Gasteiger partial charge in [0, 0.05) is 24.7 Å². The molecule has 15 nitrogen and oxygen atoms in total. The van der Waals surface area contributed by atoms with Crippen molar-refractivity contribution in [2.45, 2.75) is 118 Å². The molecule has 0 radical (unpaired) electrons. The summed E-state index contributed by atoms with van der Waals surface area (Å²) >= 11 is 0. The van der Waals surface area contributed by atoms with Crippen molar-refractivity contribution < 1.29 is 54.7 Å². The Morgan fingerprint density at radius 2 is 1.39 bits per heavy atom. The minimum absolute atomic E-state index is 0.125. The van der Waals surface area contributed by atoms with Gasteiger partial charge in [0.15, 0.2) is 12.6 Å². The molecule has 15 heteroatoms. The predicted octanol–water partition coefficient (Wildman–Crippen LogP) is -6.25. The maximum absolute atomic E-state index is 10.8. The summed E-state index contributed by atoms with van der Waals surface area (Å²) in [6, 6.07) is -3.30. The number of ether oxygens (including phenoxy) is 4. The fourth-order valence-electron chi connectivity index (χ4n) is 4.95. The lowest BCUT2D eigenvalue weighted by molar-refractivity contribution is -0.315. The van der Waals surface area contributed by atoms with Crippen LogP contribution in [0.5, 0.6) is 0 Å². The fourth-order valence-corrected chi connectivity index (χ4v) is 4.95. The first kappa shape index (κ1) is 29.9. The van der Waals surface area contributed by atoms with E-state index in [1.165, 1.54) is 6.92 Å². The van der Waals surface area contributed by atoms with Gasteiger partial charge in [-0.15, -0.1) is 0 Å². The Morgan fingerprint density at radius 1 is 0.806 bits per heavy atom. The van der Waals surface area contributed by atoms with Crippen LogP contribution in [-0.4, -0.2) is 147 Å². The van der Waals surface area contributed by atoms with E-state index in [1.807, 2.05) is 0 Å². The molecule has 1 aliphatic carbocycles. The van der Waals surface area contributed by atoms with Gasteiger partial charge in [0.1, 0.15) is 48.8 Å². The minimum atomic E-state index is -1.49. The molecule has 0 spiro atoms. The molecule has 2 saturated heterocycles. The smallest absolute Gasteiger partial charge is 0.187 e. The standard InChI is InChI=1S/C21H42N4O11/c1-6(25-3-4-26)16-14(31)15(32)21(33-16)36-19-11(28)8(22)5-9(23)18(19)35-20-10(24)12(29)13(30)17(34-20)7(2)27/h6-21,25-32H,3-5,22-24H2,1-2H3/t6-,7+,8+,9-,10+,11-,12+,13-,14-,15+,16+,17+,18+,19+,20+,21-/m0/s1. The van der Waals surface area contributed by atoms with Crippen molar-refractivity contribution in [1.29, 1.82) is 0 Å². The van der Waals surface area contributed by atoms with E-state index in [-0.39, 0.29) is 19.6 Å². The van der Waals surface area contributed by atoms with Crippen LogP contribution in [0, 0.1) is 0 Å². The predicted molar refractivity (Wildman–Crippen MR) is 122 cm³/mol. The summed E-state index contributed by atoms with van der Waals surface area (Å²) in [6.45, 7) is 3.18. The van der Waals surface area contributed by atoms with E-state index < -0.39 is 97.8 Å². The second kappa shape index (κ2) is 12.5. The molecule has 212 valence electrons. The van der Waals surface area contributed by atoms with E-state index in [1.54, 1.807) is 6.92 Å². The average molecular weight is 527 g/mol. The van der Waals surface area contributed by atoms with Gasteiger partial charge in [-0.3, -0.25) is 0 Å². The Morgan fingerprint density at radius 3 is 2.00 bits per heavy atom. The van der Waals surface area contributed by atoms with Gasteiger partial charge in [0.05, 0.1) is 24.9 Å². The Kier molecular flexibility index (Phi) is 10.4. The van der Waals surface area contributed by atoms with Crippen molar-refractivity contribution in [2.75, 3.05) is 13.2 Å². The molecule has 3 rings (SSSR count). The molecule has 1 saturated carbocycles. The lowest BCUT2D eigenvalue weighted by atomic mass is 9.84. The molecule has 2 heterocycles. The number of aliphatic hydroxyl groups is 7. The molecule has 0 amide bonds. The van der Waals surface area contributed by atoms with E-state index in [4.69, 9.17) is 41.3 Å². The second-order valence-electron chi connectivity index (χ2n) is 9.94. The number of hydrogen-bond acceptors (Lipinski definition) is 15. The summed E-state index contributed by atoms with van der Waals surface area (Å²) in [5, 5.41) is 74.3. The van der Waals surface area contributed by atoms with Crippen LogP contribution in [0.4, 0.5) is 0 Å². The van der Waals surface area contributed by atoms with Crippen LogP contribution in [0.1, 0.15) is 20.3 Å². The van der Waals surface area contributed by atoms with Gasteiger partial charge in [-0.1, -0.05) is 0 Å². The van der Waals surface area contributed by atoms with Crippen molar-refractivity contribution >= 4 is 0 Å². The van der Waals surface area contributed by atoms with Crippen molar-refractivity contribution in [3.8, 4) is 0 Å². The molecule has 36 heavy (non-hydrogen) atoms. The SMILES string of the molecule is C[C@H](NCCO)[C@H]1O[C@@H](O[C@@H]2[C@@H](O)[C@H](N)C[C@H](N)[C@H]2O[C@H]2O[C@H]([C@@H](C)O)[C@@H](O)[C@H](O)[C@H]2N)[C@H](O)[C@@H]1O. The summed E-state index contributed by atoms with van der Waals surface area (Å²) in [7, 11) is 0. The molecule has 3 aliphatic rings. The highest BCUT2D eigenvalue weighted by Gasteiger charge is 2.53. The Hall–Kier alpha value is -0.600. The summed E-state index contributed by atoms with van der Waals surface area (Å²) in [6.07, 6.45) is -15.4. The highest BCUT2D eigenvalue weighted by atomic mass is 16.7. The summed E-state index contributed by atoms with van der Waals surface area (Å²) in [5.74, 6) is 0. The van der Waals surface area contributed by atoms with Crippen LogP contribution in [-0.2, 0) is 18.9 Å². The number of nitrogens with two attached hydrogens (primary N) is 3. The van der Waals surface area contributed by atoms with Crippen LogP contribution in [0.25, 0.3) is 0 Å². The molecule has 16 atom stereocenters. The van der Waals surface area contributed by atoms with Gasteiger partial charge < -0.3 is 77.2 Å². The lowest BCUT2D eigenvalue weighted by Crippen LogP contribution is -2.68. The van der Waals surface area contributed by atoms with Crippen molar-refractivity contribution in [3.63, 3.8) is 0 Å². The van der Waals surface area contributed by atoms with Crippen LogP contribution in [0.2, 0.25) is 0 Å². The van der Waals surface area contributed by atoms with E-state index in [2.05, 4.69) is 5.32 Å². The molecule has 0 aromatic rings. The molecule has 2 aliphatic heterocycles. The molecule has 0 aromatic heterocycles. The van der Waals surface area contributed by atoms with Gasteiger partial charge in [0.2, 0.25) is 0 Å². The zero-order chi connectivity index (χ0) is 26.9. The monoisotopic (exact) mass is 526 g/mol. The van der Waals surface area contributed by atoms with Crippen LogP contribution in [0.3, 0.4) is 0 Å². The number of nitrogens with one attached hydrogen (secondary N) is 1. The topological polar surface area (TPSA) is 269 Å². The Bertz CT molecular complexity index is 696. The van der Waals surface area contributed by atoms with Gasteiger partial charge in [0.25, 0.3) is 0 Å². The third-order valence-corrected chi connectivity index (χ3v) is 7.14. The quantitative estimate of drug-likeness (QED) is 0.133. The number of hydrogen-bond donors (Lipinski definition) is 11. The van der Waals surface area contributed by atoms with Crippen molar-refractivity contribution in [2.24, 2.45) is 17.2 Å². The minimum Gasteiger partial charge on any atom is -0.395 e. The van der Waals surface area contributed by atoms with Crippen LogP contribution < -0.4 is 22.5 Å². The maximum atomic E-state index is 10.8. The number of rotatable bonds is 9. The first-order valence-electron chi connectivity index (χ1n) is 12.2. The fraction of sp³-hybridized carbons (Fsp3) is 1.00. The van der Waals surface area contributed by atoms with Crippen molar-refractivity contribution in [1.82, 2.24) is 5.32 Å². The third kappa shape index (κ3) is 6.17. The van der Waals surface area contributed by atoms with Crippen LogP contribution in [0.15, 0.2) is 0 Å². The molecule has 0 unspecified atom stereocenters. The van der Waals surface area contributed by atoms with Crippen molar-refractivity contribution in [3.05, 3.63) is 0 Å². The molecule has 0 aromatic carbocycles. The summed E-state index contributed by atoms with van der Waals surface area (Å²) in [4.78, 5) is 0. The van der Waals surface area contributed by atoms with Crippen LogP contribution >= 0.6 is 0 Å². The normalized spacial score (nSPS) is 49.7. The van der Waals surface area contributed by atoms with Gasteiger partial charge in [-0.25, -0.2) is 0 Å². The Labute approximate surface area is 209 Å². The van der Waals surface area contributed by atoms with E-state index in [0.717, 1.165) is 0 Å². The van der Waals surface area contributed by atoms with E-state index >= 15 is 0 Å². The first-order chi connectivity index (χ1) is 16.9. The molecular formula is C21H42N4O11. The summed E-state index contributed by atoms with van der Waals surface area (Å²) < 4.78 is 23.2. The first-order valence-corrected chi connectivity index (χ1v) is 12.2. The third-order valence-electron chi connectivity index (χ3n) is 7.14. The molecular weight excluding hydrogens is 484 g/mol. The largest absolute Gasteiger partial charge is 0.395 e. The van der Waals surface area contributed by atoms with Gasteiger partial charge in [-0.2, -0.15) is 0 Å². The van der Waals surface area contributed by atoms with Gasteiger partial charge in [-0.05, 0) is 20.3 Å². The highest BCUT2D eigenvalue weighted by Crippen LogP contribution is 2.33. The Balaban J connectivity index is 1.77. The highest BCUT2D eigenvalue weighted by molar-refractivity contribution is 5.02. The number of aliphatic hydroxyl groups excluding tert-OH is 7. The molecule has 14 N–H and O–H groups in total. The lowest BCUT2D eigenvalue weighted by Gasteiger charge is -2.47. The summed E-state index contributed by atoms with van der Waals surface area (Å²) in [5.41, 5.74) is 18.3. The molecule has 3 fully saturated rings. The second-order valence-corrected chi connectivity index (χ2v) is 9.94. The maximum Gasteiger partial charge on any atom is 0.187 e. The van der Waals surface area contributed by atoms with Gasteiger partial charge >= 0.3 is 0 Å². The zero-order valence-electron chi connectivity index (χ0n) is 20.4. The zero-order valence-corrected chi connectivity index (χ0v) is 20.4. The molecule has 0 bridgehead atoms. The van der Waals surface area contributed by atoms with E-state index in [9.17, 15) is 30.6 Å². The average Bonchev–Trinajstić information content (AvgIpc) is 3.11.